The fourth-order valence-corrected chi connectivity index (χ4v) is 2.50. The molecule has 0 aliphatic rings. The van der Waals surface area contributed by atoms with Crippen LogP contribution in [0, 0.1) is 0 Å². The summed E-state index contributed by atoms with van der Waals surface area (Å²) in [5, 5.41) is 39.7. The highest BCUT2D eigenvalue weighted by molar-refractivity contribution is 5.84. The number of fused-ring (bicyclic) bond motifs is 1. The van der Waals surface area contributed by atoms with Crippen LogP contribution in [-0.2, 0) is 13.6 Å². The number of nitrogens with zero attached hydrogens (tertiary/aromatic N) is 6. The second-order valence-corrected chi connectivity index (χ2v) is 6.17. The molecule has 3 aromatic rings. The van der Waals surface area contributed by atoms with Crippen molar-refractivity contribution in [2.75, 3.05) is 23.8 Å². The molecule has 0 spiro atoms. The van der Waals surface area contributed by atoms with Crippen molar-refractivity contribution >= 4 is 22.9 Å². The van der Waals surface area contributed by atoms with Gasteiger partial charge in [-0.05, 0) is 24.6 Å². The number of rotatable bonds is 6. The fraction of sp³-hybridized carbons (Fsp3) is 0.375. The molecule has 0 amide bonds. The number of phenols is 2. The lowest BCUT2D eigenvalue weighted by Gasteiger charge is -2.19. The van der Waals surface area contributed by atoms with Crippen molar-refractivity contribution in [1.82, 2.24) is 25.0 Å². The number of aryl methyl sites for hydroxylation is 1. The quantitative estimate of drug-likeness (QED) is 0.467. The summed E-state index contributed by atoms with van der Waals surface area (Å²) in [6, 6.07) is 4.65. The van der Waals surface area contributed by atoms with E-state index in [9.17, 15) is 15.3 Å². The average molecular weight is 359 g/mol. The molecule has 26 heavy (non-hydrogen) atoms. The molecule has 4 N–H and O–H groups in total. The summed E-state index contributed by atoms with van der Waals surface area (Å²) in [4.78, 5) is 10.7. The van der Waals surface area contributed by atoms with Gasteiger partial charge in [0.1, 0.15) is 0 Å². The van der Waals surface area contributed by atoms with E-state index in [1.165, 1.54) is 12.1 Å². The van der Waals surface area contributed by atoms with Crippen LogP contribution in [-0.4, -0.2) is 60.0 Å². The van der Waals surface area contributed by atoms with Crippen molar-refractivity contribution in [3.05, 3.63) is 23.8 Å². The fourth-order valence-electron chi connectivity index (χ4n) is 2.50. The van der Waals surface area contributed by atoms with Crippen LogP contribution in [0.5, 0.6) is 11.5 Å². The molecule has 0 aliphatic carbocycles. The Kier molecular flexibility index (Phi) is 4.76. The van der Waals surface area contributed by atoms with Gasteiger partial charge in [0.15, 0.2) is 28.5 Å². The normalized spacial score (nSPS) is 12.3. The topological polar surface area (TPSA) is 132 Å². The van der Waals surface area contributed by atoms with Crippen LogP contribution in [0.25, 0.3) is 11.2 Å². The first-order valence-corrected chi connectivity index (χ1v) is 8.06. The molecule has 138 valence electrons. The zero-order valence-electron chi connectivity index (χ0n) is 14.7. The average Bonchev–Trinajstić information content (AvgIpc) is 2.97. The van der Waals surface area contributed by atoms with Gasteiger partial charge < -0.3 is 25.5 Å². The summed E-state index contributed by atoms with van der Waals surface area (Å²) in [7, 11) is 3.57. The van der Waals surface area contributed by atoms with Gasteiger partial charge in [-0.1, -0.05) is 11.3 Å². The van der Waals surface area contributed by atoms with Crippen LogP contribution in [0.15, 0.2) is 18.2 Å². The Morgan fingerprint density at radius 3 is 2.69 bits per heavy atom. The maximum atomic E-state index is 9.67. The number of aliphatic hydroxyl groups is 1. The standard InChI is InChI=1S/C16H21N7O3/c1-9(24)7-17-16-18-14(13-15(19-16)23(3)21-20-13)22(2)8-10-4-5-11(25)12(26)6-10/h4-6,9,24-26H,7-8H2,1-3H3,(H,17,18,19). The number of aromatic nitrogens is 5. The minimum atomic E-state index is -0.542. The highest BCUT2D eigenvalue weighted by Crippen LogP contribution is 2.27. The molecule has 0 saturated carbocycles. The van der Waals surface area contributed by atoms with Gasteiger partial charge in [0, 0.05) is 27.2 Å². The molecule has 10 heteroatoms. The van der Waals surface area contributed by atoms with E-state index in [0.29, 0.717) is 36.0 Å². The summed E-state index contributed by atoms with van der Waals surface area (Å²) in [6.07, 6.45) is -0.542. The van der Waals surface area contributed by atoms with Crippen molar-refractivity contribution in [3.8, 4) is 11.5 Å². The zero-order valence-corrected chi connectivity index (χ0v) is 14.7. The maximum Gasteiger partial charge on any atom is 0.226 e. The number of aromatic hydroxyl groups is 2. The lowest BCUT2D eigenvalue weighted by molar-refractivity contribution is 0.208. The van der Waals surface area contributed by atoms with Crippen molar-refractivity contribution in [3.63, 3.8) is 0 Å². The molecular weight excluding hydrogens is 338 g/mol. The Morgan fingerprint density at radius 1 is 1.23 bits per heavy atom. The van der Waals surface area contributed by atoms with Gasteiger partial charge in [-0.25, -0.2) is 4.68 Å². The molecule has 0 aliphatic heterocycles. The Bertz CT molecular complexity index is 926. The van der Waals surface area contributed by atoms with Gasteiger partial charge in [-0.2, -0.15) is 9.97 Å². The number of hydrogen-bond acceptors (Lipinski definition) is 9. The first-order valence-electron chi connectivity index (χ1n) is 8.06. The SMILES string of the molecule is CC(O)CNc1nc(N(C)Cc2ccc(O)c(O)c2)c2nnn(C)c2n1. The van der Waals surface area contributed by atoms with E-state index in [1.807, 2.05) is 11.9 Å². The summed E-state index contributed by atoms with van der Waals surface area (Å²) < 4.78 is 1.55. The van der Waals surface area contributed by atoms with Gasteiger partial charge in [0.05, 0.1) is 6.10 Å². The molecule has 0 fully saturated rings. The molecule has 3 rings (SSSR count). The molecule has 1 unspecified atom stereocenters. The van der Waals surface area contributed by atoms with E-state index in [1.54, 1.807) is 24.7 Å². The van der Waals surface area contributed by atoms with Gasteiger partial charge in [-0.3, -0.25) is 0 Å². The van der Waals surface area contributed by atoms with Crippen molar-refractivity contribution in [2.45, 2.75) is 19.6 Å². The maximum absolute atomic E-state index is 9.67. The predicted molar refractivity (Wildman–Crippen MR) is 96.1 cm³/mol. The molecule has 2 heterocycles. The Labute approximate surface area is 149 Å². The molecular formula is C16H21N7O3. The van der Waals surface area contributed by atoms with Crippen LogP contribution < -0.4 is 10.2 Å². The smallest absolute Gasteiger partial charge is 0.226 e. The monoisotopic (exact) mass is 359 g/mol. The number of anilines is 2. The highest BCUT2D eigenvalue weighted by atomic mass is 16.3. The third-order valence-electron chi connectivity index (χ3n) is 3.81. The lowest BCUT2D eigenvalue weighted by Crippen LogP contribution is -2.21. The Morgan fingerprint density at radius 2 is 2.00 bits per heavy atom. The number of phenolic OH excluding ortho intramolecular Hbond substituents is 2. The van der Waals surface area contributed by atoms with E-state index in [0.717, 1.165) is 5.56 Å². The van der Waals surface area contributed by atoms with E-state index in [-0.39, 0.29) is 11.5 Å². The molecule has 0 bridgehead atoms. The van der Waals surface area contributed by atoms with E-state index >= 15 is 0 Å². The Balaban J connectivity index is 1.94. The molecule has 0 radical (unpaired) electrons. The van der Waals surface area contributed by atoms with Gasteiger partial charge >= 0.3 is 0 Å². The van der Waals surface area contributed by atoms with Crippen molar-refractivity contribution in [2.24, 2.45) is 7.05 Å². The van der Waals surface area contributed by atoms with Crippen molar-refractivity contribution < 1.29 is 15.3 Å². The largest absolute Gasteiger partial charge is 0.504 e. The lowest BCUT2D eigenvalue weighted by atomic mass is 10.2. The molecule has 2 aromatic heterocycles. The predicted octanol–water partition coefficient (Wildman–Crippen LogP) is 0.599. The minimum absolute atomic E-state index is 0.167. The van der Waals surface area contributed by atoms with E-state index in [4.69, 9.17) is 0 Å². The molecule has 10 nitrogen and oxygen atoms in total. The first kappa shape index (κ1) is 17.7. The molecule has 1 atom stereocenters. The first-order chi connectivity index (χ1) is 12.3. The van der Waals surface area contributed by atoms with Gasteiger partial charge in [0.2, 0.25) is 5.95 Å². The highest BCUT2D eigenvalue weighted by Gasteiger charge is 2.17. The van der Waals surface area contributed by atoms with Crippen LogP contribution >= 0.6 is 0 Å². The summed E-state index contributed by atoms with van der Waals surface area (Å²) in [5.74, 6) is 0.574. The zero-order chi connectivity index (χ0) is 18.8. The Hall–Kier alpha value is -3.14. The molecule has 1 aromatic carbocycles. The van der Waals surface area contributed by atoms with Crippen LogP contribution in [0.4, 0.5) is 11.8 Å². The summed E-state index contributed by atoms with van der Waals surface area (Å²) >= 11 is 0. The van der Waals surface area contributed by atoms with E-state index in [2.05, 4.69) is 25.6 Å². The second-order valence-electron chi connectivity index (χ2n) is 6.17. The van der Waals surface area contributed by atoms with Crippen LogP contribution in [0.2, 0.25) is 0 Å². The van der Waals surface area contributed by atoms with Gasteiger partial charge in [0.25, 0.3) is 0 Å². The third-order valence-corrected chi connectivity index (χ3v) is 3.81. The van der Waals surface area contributed by atoms with Crippen LogP contribution in [0.1, 0.15) is 12.5 Å². The number of nitrogens with one attached hydrogen (secondary N) is 1. The third kappa shape index (κ3) is 3.59. The number of benzene rings is 1. The number of aliphatic hydroxyl groups excluding tert-OH is 1. The van der Waals surface area contributed by atoms with E-state index < -0.39 is 6.10 Å². The van der Waals surface area contributed by atoms with Crippen molar-refractivity contribution in [1.29, 1.82) is 0 Å². The molecule has 0 saturated heterocycles. The summed E-state index contributed by atoms with van der Waals surface area (Å²) in [5.41, 5.74) is 1.89. The number of hydrogen-bond donors (Lipinski definition) is 4. The second kappa shape index (κ2) is 7.00. The minimum Gasteiger partial charge on any atom is -0.504 e. The summed E-state index contributed by atoms with van der Waals surface area (Å²) in [6.45, 7) is 2.40. The van der Waals surface area contributed by atoms with Gasteiger partial charge in [-0.15, -0.1) is 5.10 Å². The van der Waals surface area contributed by atoms with Crippen LogP contribution in [0.3, 0.4) is 0 Å².